The van der Waals surface area contributed by atoms with Crippen LogP contribution in [-0.2, 0) is 9.53 Å². The lowest BCUT2D eigenvalue weighted by molar-refractivity contribution is -0.116. The van der Waals surface area contributed by atoms with Crippen molar-refractivity contribution in [2.75, 3.05) is 19.0 Å². The average molecular weight is 292 g/mol. The van der Waals surface area contributed by atoms with E-state index in [2.05, 4.69) is 17.0 Å². The van der Waals surface area contributed by atoms with E-state index in [-0.39, 0.29) is 11.9 Å². The summed E-state index contributed by atoms with van der Waals surface area (Å²) < 4.78 is 4.62. The van der Waals surface area contributed by atoms with Crippen LogP contribution in [0.1, 0.15) is 43.0 Å². The van der Waals surface area contributed by atoms with Gasteiger partial charge in [0.2, 0.25) is 5.91 Å². The molecule has 1 aromatic rings. The first-order valence-corrected chi connectivity index (χ1v) is 7.29. The van der Waals surface area contributed by atoms with Crippen LogP contribution in [0.3, 0.4) is 0 Å². The van der Waals surface area contributed by atoms with E-state index in [1.54, 1.807) is 24.3 Å². The zero-order valence-corrected chi connectivity index (χ0v) is 12.7. The molecule has 0 aromatic heterocycles. The summed E-state index contributed by atoms with van der Waals surface area (Å²) in [6.07, 6.45) is 3.33. The van der Waals surface area contributed by atoms with E-state index in [0.29, 0.717) is 30.1 Å². The van der Waals surface area contributed by atoms with Gasteiger partial charge in [0, 0.05) is 12.1 Å². The molecule has 0 aliphatic rings. The topological polar surface area (TPSA) is 81.4 Å². The summed E-state index contributed by atoms with van der Waals surface area (Å²) >= 11 is 0. The molecule has 0 bridgehead atoms. The molecule has 5 heteroatoms. The summed E-state index contributed by atoms with van der Waals surface area (Å²) in [5.74, 6) is 0.0965. The fourth-order valence-corrected chi connectivity index (χ4v) is 2.15. The minimum atomic E-state index is -0.388. The highest BCUT2D eigenvalue weighted by Crippen LogP contribution is 2.16. The van der Waals surface area contributed by atoms with Crippen molar-refractivity contribution in [2.45, 2.75) is 32.6 Å². The maximum Gasteiger partial charge on any atom is 0.337 e. The molecule has 1 atom stereocenters. The lowest BCUT2D eigenvalue weighted by Crippen LogP contribution is -2.15. The number of rotatable bonds is 8. The zero-order valence-electron chi connectivity index (χ0n) is 12.7. The van der Waals surface area contributed by atoms with E-state index in [1.165, 1.54) is 7.11 Å². The zero-order chi connectivity index (χ0) is 15.7. The Labute approximate surface area is 125 Å². The smallest absolute Gasteiger partial charge is 0.337 e. The first-order valence-electron chi connectivity index (χ1n) is 7.29. The number of anilines is 1. The van der Waals surface area contributed by atoms with Crippen LogP contribution in [0.4, 0.5) is 5.69 Å². The van der Waals surface area contributed by atoms with Gasteiger partial charge in [0.05, 0.1) is 12.7 Å². The molecular weight excluding hydrogens is 268 g/mol. The summed E-state index contributed by atoms with van der Waals surface area (Å²) in [4.78, 5) is 23.2. The van der Waals surface area contributed by atoms with Gasteiger partial charge in [-0.25, -0.2) is 4.79 Å². The van der Waals surface area contributed by atoms with Crippen molar-refractivity contribution >= 4 is 17.6 Å². The van der Waals surface area contributed by atoms with Crippen LogP contribution in [0.15, 0.2) is 24.3 Å². The Morgan fingerprint density at radius 2 is 1.90 bits per heavy atom. The first-order chi connectivity index (χ1) is 10.1. The summed E-state index contributed by atoms with van der Waals surface area (Å²) in [6, 6.07) is 6.65. The van der Waals surface area contributed by atoms with Crippen LogP contribution in [0.5, 0.6) is 0 Å². The highest BCUT2D eigenvalue weighted by atomic mass is 16.5. The van der Waals surface area contributed by atoms with Gasteiger partial charge in [0.25, 0.3) is 0 Å². The summed E-state index contributed by atoms with van der Waals surface area (Å²) in [7, 11) is 1.34. The van der Waals surface area contributed by atoms with Gasteiger partial charge < -0.3 is 15.8 Å². The molecule has 21 heavy (non-hydrogen) atoms. The average Bonchev–Trinajstić information content (AvgIpc) is 2.51. The van der Waals surface area contributed by atoms with Gasteiger partial charge in [0.1, 0.15) is 0 Å². The van der Waals surface area contributed by atoms with Gasteiger partial charge in [0.15, 0.2) is 0 Å². The third-order valence-electron chi connectivity index (χ3n) is 3.52. The van der Waals surface area contributed by atoms with Crippen LogP contribution in [0.25, 0.3) is 0 Å². The second kappa shape index (κ2) is 9.13. The Kier molecular flexibility index (Phi) is 7.46. The molecule has 1 aromatic carbocycles. The Morgan fingerprint density at radius 1 is 1.24 bits per heavy atom. The van der Waals surface area contributed by atoms with Crippen LogP contribution in [-0.4, -0.2) is 25.5 Å². The van der Waals surface area contributed by atoms with Crippen molar-refractivity contribution in [3.8, 4) is 0 Å². The van der Waals surface area contributed by atoms with Gasteiger partial charge >= 0.3 is 5.97 Å². The molecular formula is C16H24N2O3. The number of nitrogens with two attached hydrogens (primary N) is 1. The van der Waals surface area contributed by atoms with Gasteiger partial charge in [-0.15, -0.1) is 0 Å². The lowest BCUT2D eigenvalue weighted by atomic mass is 9.96. The minimum absolute atomic E-state index is 0.0173. The monoisotopic (exact) mass is 292 g/mol. The molecule has 0 aliphatic carbocycles. The lowest BCUT2D eigenvalue weighted by Gasteiger charge is -2.13. The molecule has 0 fully saturated rings. The van der Waals surface area contributed by atoms with E-state index in [1.807, 2.05) is 0 Å². The van der Waals surface area contributed by atoms with Crippen molar-refractivity contribution < 1.29 is 14.3 Å². The molecule has 5 nitrogen and oxygen atoms in total. The predicted molar refractivity (Wildman–Crippen MR) is 83.1 cm³/mol. The molecule has 1 rings (SSSR count). The van der Waals surface area contributed by atoms with Gasteiger partial charge in [-0.3, -0.25) is 4.79 Å². The maximum absolute atomic E-state index is 11.9. The number of nitrogens with one attached hydrogen (secondary N) is 1. The Morgan fingerprint density at radius 3 is 2.43 bits per heavy atom. The Bertz CT molecular complexity index is 457. The van der Waals surface area contributed by atoms with Crippen LogP contribution >= 0.6 is 0 Å². The van der Waals surface area contributed by atoms with Gasteiger partial charge in [-0.05, 0) is 49.6 Å². The molecule has 0 saturated carbocycles. The van der Waals surface area contributed by atoms with Gasteiger partial charge in [-0.2, -0.15) is 0 Å². The van der Waals surface area contributed by atoms with Crippen LogP contribution in [0, 0.1) is 5.92 Å². The second-order valence-electron chi connectivity index (χ2n) is 5.01. The fourth-order valence-electron chi connectivity index (χ4n) is 2.15. The predicted octanol–water partition coefficient (Wildman–Crippen LogP) is 2.57. The number of methoxy groups -OCH3 is 1. The maximum atomic E-state index is 11.9. The highest BCUT2D eigenvalue weighted by molar-refractivity contribution is 5.93. The van der Waals surface area contributed by atoms with E-state index in [4.69, 9.17) is 5.73 Å². The number of ether oxygens (including phenoxy) is 1. The SMILES string of the molecule is CCC(CCN)CCC(=O)Nc1ccc(C(=O)OC)cc1. The number of carbonyl (C=O) groups excluding carboxylic acids is 2. The molecule has 0 saturated heterocycles. The number of hydrogen-bond acceptors (Lipinski definition) is 4. The number of hydrogen-bond donors (Lipinski definition) is 2. The quantitative estimate of drug-likeness (QED) is 0.721. The van der Waals surface area contributed by atoms with E-state index in [9.17, 15) is 9.59 Å². The summed E-state index contributed by atoms with van der Waals surface area (Å²) in [6.45, 7) is 2.78. The van der Waals surface area contributed by atoms with Crippen molar-refractivity contribution in [1.29, 1.82) is 0 Å². The normalized spacial score (nSPS) is 11.8. The molecule has 0 radical (unpaired) electrons. The third kappa shape index (κ3) is 5.95. The molecule has 116 valence electrons. The second-order valence-corrected chi connectivity index (χ2v) is 5.01. The van der Waals surface area contributed by atoms with Crippen molar-refractivity contribution in [1.82, 2.24) is 0 Å². The minimum Gasteiger partial charge on any atom is -0.465 e. The Balaban J connectivity index is 2.45. The van der Waals surface area contributed by atoms with Crippen molar-refractivity contribution in [3.63, 3.8) is 0 Å². The van der Waals surface area contributed by atoms with Gasteiger partial charge in [-0.1, -0.05) is 13.3 Å². The van der Waals surface area contributed by atoms with Crippen molar-refractivity contribution in [2.24, 2.45) is 11.7 Å². The number of esters is 1. The molecule has 0 aliphatic heterocycles. The van der Waals surface area contributed by atoms with Crippen LogP contribution < -0.4 is 11.1 Å². The molecule has 0 spiro atoms. The third-order valence-corrected chi connectivity index (χ3v) is 3.52. The highest BCUT2D eigenvalue weighted by Gasteiger charge is 2.10. The van der Waals surface area contributed by atoms with Crippen LogP contribution in [0.2, 0.25) is 0 Å². The fraction of sp³-hybridized carbons (Fsp3) is 0.500. The van der Waals surface area contributed by atoms with E-state index < -0.39 is 0 Å². The standard InChI is InChI=1S/C16H24N2O3/c1-3-12(10-11-17)4-9-15(19)18-14-7-5-13(6-8-14)16(20)21-2/h5-8,12H,3-4,9-11,17H2,1-2H3,(H,18,19). The molecule has 3 N–H and O–H groups in total. The largest absolute Gasteiger partial charge is 0.465 e. The van der Waals surface area contributed by atoms with E-state index in [0.717, 1.165) is 19.3 Å². The number of amides is 1. The van der Waals surface area contributed by atoms with Crippen molar-refractivity contribution in [3.05, 3.63) is 29.8 Å². The summed E-state index contributed by atoms with van der Waals surface area (Å²) in [5, 5.41) is 2.83. The molecule has 0 heterocycles. The number of carbonyl (C=O) groups is 2. The number of benzene rings is 1. The first kappa shape index (κ1) is 17.2. The van der Waals surface area contributed by atoms with E-state index >= 15 is 0 Å². The Hall–Kier alpha value is -1.88. The summed E-state index contributed by atoms with van der Waals surface area (Å²) in [5.41, 5.74) is 6.69. The molecule has 1 amide bonds. The molecule has 1 unspecified atom stereocenters.